The number of benzene rings is 1. The van der Waals surface area contributed by atoms with Crippen molar-refractivity contribution in [3.63, 3.8) is 0 Å². The van der Waals surface area contributed by atoms with E-state index in [1.54, 1.807) is 0 Å². The van der Waals surface area contributed by atoms with E-state index in [2.05, 4.69) is 36.2 Å². The summed E-state index contributed by atoms with van der Waals surface area (Å²) in [5, 5.41) is 4.03. The van der Waals surface area contributed by atoms with E-state index in [4.69, 9.17) is 11.6 Å². The van der Waals surface area contributed by atoms with Crippen molar-refractivity contribution in [1.29, 1.82) is 0 Å². The summed E-state index contributed by atoms with van der Waals surface area (Å²) < 4.78 is 0. The Balaban J connectivity index is 2.37. The molecule has 1 aromatic rings. The lowest BCUT2D eigenvalue weighted by atomic mass is 10.0. The molecule has 1 aliphatic rings. The second-order valence-corrected chi connectivity index (χ2v) is 5.81. The van der Waals surface area contributed by atoms with Crippen molar-refractivity contribution in [1.82, 2.24) is 5.32 Å². The van der Waals surface area contributed by atoms with Crippen LogP contribution in [0, 0.1) is 0 Å². The molecule has 1 aromatic carbocycles. The first-order valence-corrected chi connectivity index (χ1v) is 6.63. The minimum atomic E-state index is 0.260. The number of hydrogen-bond acceptors (Lipinski definition) is 2. The fourth-order valence-electron chi connectivity index (χ4n) is 2.70. The molecule has 17 heavy (non-hydrogen) atoms. The summed E-state index contributed by atoms with van der Waals surface area (Å²) in [5.41, 5.74) is 2.87. The summed E-state index contributed by atoms with van der Waals surface area (Å²) in [7, 11) is 1.97. The van der Waals surface area contributed by atoms with Crippen LogP contribution in [-0.2, 0) is 6.54 Å². The summed E-state index contributed by atoms with van der Waals surface area (Å²) in [4.78, 5) is 2.51. The zero-order valence-corrected chi connectivity index (χ0v) is 11.6. The molecule has 0 saturated carbocycles. The van der Waals surface area contributed by atoms with Gasteiger partial charge >= 0.3 is 0 Å². The van der Waals surface area contributed by atoms with E-state index in [1.165, 1.54) is 24.1 Å². The number of halogens is 1. The zero-order chi connectivity index (χ0) is 12.5. The average Bonchev–Trinajstić information content (AvgIpc) is 2.59. The molecular weight excluding hydrogens is 232 g/mol. The molecule has 1 aliphatic heterocycles. The highest BCUT2D eigenvalue weighted by atomic mass is 35.5. The van der Waals surface area contributed by atoms with Crippen molar-refractivity contribution < 1.29 is 0 Å². The Kier molecular flexibility index (Phi) is 3.64. The molecule has 1 N–H and O–H groups in total. The Bertz CT molecular complexity index is 401. The summed E-state index contributed by atoms with van der Waals surface area (Å²) in [5.74, 6) is 0. The largest absolute Gasteiger partial charge is 0.366 e. The van der Waals surface area contributed by atoms with Crippen LogP contribution in [0.4, 0.5) is 5.69 Å². The topological polar surface area (TPSA) is 15.3 Å². The minimum absolute atomic E-state index is 0.260. The molecule has 0 unspecified atom stereocenters. The molecule has 0 atom stereocenters. The van der Waals surface area contributed by atoms with Gasteiger partial charge in [-0.05, 0) is 57.5 Å². The van der Waals surface area contributed by atoms with E-state index >= 15 is 0 Å². The Morgan fingerprint density at radius 2 is 2.18 bits per heavy atom. The molecule has 1 heterocycles. The summed E-state index contributed by atoms with van der Waals surface area (Å²) >= 11 is 6.08. The predicted molar refractivity (Wildman–Crippen MR) is 74.9 cm³/mol. The third kappa shape index (κ3) is 2.58. The van der Waals surface area contributed by atoms with Gasteiger partial charge in [-0.3, -0.25) is 0 Å². The van der Waals surface area contributed by atoms with Gasteiger partial charge in [0.15, 0.2) is 0 Å². The van der Waals surface area contributed by atoms with Crippen molar-refractivity contribution in [3.05, 3.63) is 28.8 Å². The fraction of sp³-hybridized carbons (Fsp3) is 0.571. The molecule has 0 amide bonds. The molecule has 0 bridgehead atoms. The second kappa shape index (κ2) is 4.87. The van der Waals surface area contributed by atoms with E-state index < -0.39 is 0 Å². The molecule has 3 heteroatoms. The van der Waals surface area contributed by atoms with E-state index in [0.717, 1.165) is 18.1 Å². The summed E-state index contributed by atoms with van der Waals surface area (Å²) in [6.45, 7) is 6.64. The Labute approximate surface area is 109 Å². The summed E-state index contributed by atoms with van der Waals surface area (Å²) in [6, 6.07) is 6.22. The number of anilines is 1. The SMILES string of the molecule is CNCc1cc(Cl)ccc1N1CCCC1(C)C. The molecular formula is C14H21ClN2. The lowest BCUT2D eigenvalue weighted by molar-refractivity contribution is 0.516. The highest BCUT2D eigenvalue weighted by Crippen LogP contribution is 2.36. The lowest BCUT2D eigenvalue weighted by Crippen LogP contribution is -2.38. The highest BCUT2D eigenvalue weighted by molar-refractivity contribution is 6.30. The van der Waals surface area contributed by atoms with Gasteiger partial charge in [0, 0.05) is 29.3 Å². The van der Waals surface area contributed by atoms with E-state index in [9.17, 15) is 0 Å². The van der Waals surface area contributed by atoms with E-state index in [0.29, 0.717) is 0 Å². The highest BCUT2D eigenvalue weighted by Gasteiger charge is 2.32. The van der Waals surface area contributed by atoms with Crippen LogP contribution in [0.1, 0.15) is 32.3 Å². The Morgan fingerprint density at radius 3 is 2.76 bits per heavy atom. The molecule has 2 nitrogen and oxygen atoms in total. The van der Waals surface area contributed by atoms with E-state index in [-0.39, 0.29) is 5.54 Å². The van der Waals surface area contributed by atoms with Crippen molar-refractivity contribution in [2.75, 3.05) is 18.5 Å². The molecule has 2 rings (SSSR count). The van der Waals surface area contributed by atoms with Gasteiger partial charge in [-0.1, -0.05) is 11.6 Å². The van der Waals surface area contributed by atoms with Crippen LogP contribution >= 0.6 is 11.6 Å². The second-order valence-electron chi connectivity index (χ2n) is 5.37. The normalized spacial score (nSPS) is 18.7. The predicted octanol–water partition coefficient (Wildman–Crippen LogP) is 3.44. The van der Waals surface area contributed by atoms with Gasteiger partial charge in [0.2, 0.25) is 0 Å². The van der Waals surface area contributed by atoms with Crippen LogP contribution in [0.5, 0.6) is 0 Å². The molecule has 0 spiro atoms. The van der Waals surface area contributed by atoms with Crippen LogP contribution in [0.25, 0.3) is 0 Å². The first-order chi connectivity index (χ1) is 8.04. The third-order valence-corrected chi connectivity index (χ3v) is 3.84. The van der Waals surface area contributed by atoms with Crippen molar-refractivity contribution in [2.24, 2.45) is 0 Å². The fourth-order valence-corrected chi connectivity index (χ4v) is 2.90. The average molecular weight is 253 g/mol. The van der Waals surface area contributed by atoms with Gasteiger partial charge in [0.1, 0.15) is 0 Å². The minimum Gasteiger partial charge on any atom is -0.366 e. The van der Waals surface area contributed by atoms with Crippen molar-refractivity contribution >= 4 is 17.3 Å². The zero-order valence-electron chi connectivity index (χ0n) is 10.9. The quantitative estimate of drug-likeness (QED) is 0.887. The van der Waals surface area contributed by atoms with Crippen LogP contribution in [0.15, 0.2) is 18.2 Å². The summed E-state index contributed by atoms with van der Waals surface area (Å²) in [6.07, 6.45) is 2.53. The van der Waals surface area contributed by atoms with Crippen LogP contribution in [0.3, 0.4) is 0 Å². The maximum atomic E-state index is 6.08. The molecule has 0 radical (unpaired) electrons. The molecule has 1 saturated heterocycles. The molecule has 1 fully saturated rings. The number of nitrogens with one attached hydrogen (secondary N) is 1. The first-order valence-electron chi connectivity index (χ1n) is 6.25. The van der Waals surface area contributed by atoms with Crippen LogP contribution < -0.4 is 10.2 Å². The van der Waals surface area contributed by atoms with Gasteiger partial charge in [-0.15, -0.1) is 0 Å². The Hall–Kier alpha value is -0.730. The molecule has 0 aromatic heterocycles. The first kappa shape index (κ1) is 12.7. The lowest BCUT2D eigenvalue weighted by Gasteiger charge is -2.35. The van der Waals surface area contributed by atoms with E-state index in [1.807, 2.05) is 13.1 Å². The molecule has 0 aliphatic carbocycles. The van der Waals surface area contributed by atoms with Crippen molar-refractivity contribution in [3.8, 4) is 0 Å². The van der Waals surface area contributed by atoms with Gasteiger partial charge < -0.3 is 10.2 Å². The standard InChI is InChI=1S/C14H21ClN2/c1-14(2)7-4-8-17(14)13-6-5-12(15)9-11(13)10-16-3/h5-6,9,16H,4,7-8,10H2,1-3H3. The molecule has 94 valence electrons. The smallest absolute Gasteiger partial charge is 0.0417 e. The van der Waals surface area contributed by atoms with Crippen molar-refractivity contribution in [2.45, 2.75) is 38.8 Å². The number of hydrogen-bond donors (Lipinski definition) is 1. The third-order valence-electron chi connectivity index (χ3n) is 3.60. The van der Waals surface area contributed by atoms with Crippen LogP contribution in [0.2, 0.25) is 5.02 Å². The van der Waals surface area contributed by atoms with Gasteiger partial charge in [-0.25, -0.2) is 0 Å². The number of nitrogens with zero attached hydrogens (tertiary/aromatic N) is 1. The van der Waals surface area contributed by atoms with Gasteiger partial charge in [0.25, 0.3) is 0 Å². The van der Waals surface area contributed by atoms with Gasteiger partial charge in [-0.2, -0.15) is 0 Å². The van der Waals surface area contributed by atoms with Gasteiger partial charge in [0.05, 0.1) is 0 Å². The monoisotopic (exact) mass is 252 g/mol. The maximum Gasteiger partial charge on any atom is 0.0417 e. The maximum absolute atomic E-state index is 6.08. The van der Waals surface area contributed by atoms with Crippen LogP contribution in [-0.4, -0.2) is 19.1 Å². The Morgan fingerprint density at radius 1 is 1.41 bits per heavy atom. The number of rotatable bonds is 3.